The van der Waals surface area contributed by atoms with Crippen molar-refractivity contribution in [2.24, 2.45) is 5.92 Å². The predicted molar refractivity (Wildman–Crippen MR) is 178 cm³/mol. The van der Waals surface area contributed by atoms with Crippen molar-refractivity contribution in [3.63, 3.8) is 0 Å². The number of carbonyl (C=O) groups is 2. The summed E-state index contributed by atoms with van der Waals surface area (Å²) in [6, 6.07) is 28.5. The number of nitrogens with one attached hydrogen (secondary N) is 2. The van der Waals surface area contributed by atoms with Gasteiger partial charge in [0, 0.05) is 35.9 Å². The molecule has 5 rings (SSSR count). The highest BCUT2D eigenvalue weighted by Crippen LogP contribution is 2.43. The maximum absolute atomic E-state index is 12.3. The summed E-state index contributed by atoms with van der Waals surface area (Å²) < 4.78 is 18.9. The van der Waals surface area contributed by atoms with E-state index in [-0.39, 0.29) is 44.4 Å². The number of thioether (sulfide) groups is 1. The summed E-state index contributed by atoms with van der Waals surface area (Å²) in [4.78, 5) is 23.7. The van der Waals surface area contributed by atoms with Crippen molar-refractivity contribution in [1.82, 2.24) is 10.6 Å². The molecule has 10 nitrogen and oxygen atoms in total. The third kappa shape index (κ3) is 9.11. The van der Waals surface area contributed by atoms with Gasteiger partial charge in [-0.25, -0.2) is 4.79 Å². The van der Waals surface area contributed by atoms with Crippen LogP contribution in [-0.2, 0) is 32.2 Å². The second kappa shape index (κ2) is 16.4. The fourth-order valence-electron chi connectivity index (χ4n) is 5.34. The predicted octanol–water partition coefficient (Wildman–Crippen LogP) is 5.43. The van der Waals surface area contributed by atoms with Crippen LogP contribution in [0.15, 0.2) is 102 Å². The molecule has 1 fully saturated rings. The van der Waals surface area contributed by atoms with Gasteiger partial charge in [-0.05, 0) is 52.9 Å². The lowest BCUT2D eigenvalue weighted by molar-refractivity contribution is -0.645. The molecule has 1 saturated heterocycles. The van der Waals surface area contributed by atoms with E-state index in [4.69, 9.17) is 14.2 Å². The summed E-state index contributed by atoms with van der Waals surface area (Å²) in [5.74, 6) is 0.0396. The van der Waals surface area contributed by atoms with E-state index >= 15 is 0 Å². The van der Waals surface area contributed by atoms with Gasteiger partial charge in [-0.2, -0.15) is 4.73 Å². The first-order valence-electron chi connectivity index (χ1n) is 15.5. The minimum atomic E-state index is -0.664. The lowest BCUT2D eigenvalue weighted by atomic mass is 9.91. The van der Waals surface area contributed by atoms with Crippen LogP contribution < -0.4 is 15.4 Å². The Bertz CT molecular complexity index is 1650. The Morgan fingerprint density at radius 2 is 1.68 bits per heavy atom. The van der Waals surface area contributed by atoms with Crippen molar-refractivity contribution in [2.75, 3.05) is 18.9 Å². The zero-order chi connectivity index (χ0) is 33.2. The minimum Gasteiger partial charge on any atom is -0.618 e. The average Bonchev–Trinajstić information content (AvgIpc) is 3.10. The third-order valence-corrected chi connectivity index (χ3v) is 8.99. The first-order valence-corrected chi connectivity index (χ1v) is 16.5. The number of benzene rings is 3. The van der Waals surface area contributed by atoms with Crippen LogP contribution in [0.5, 0.6) is 0 Å². The van der Waals surface area contributed by atoms with Crippen LogP contribution in [0.25, 0.3) is 11.1 Å². The summed E-state index contributed by atoms with van der Waals surface area (Å²) in [5, 5.41) is 27.7. The standard InChI is InChI=1S/C36H39N3O7S/c1-3-44-33(41)21-38-36(42)37-20-26-8-6-9-28(18-26)29-10-7-11-30(19-29)35-45-31(23-47-32-12-4-5-17-39(32)43)24(2)34(46-35)27-15-13-25(22-40)14-16-27/h4-19,24,31,34-35,40H,3,20-23H2,1-2H3,(H2,37,38,42)/t24-,31+,34+,35+/m1/s1. The molecule has 0 bridgehead atoms. The van der Waals surface area contributed by atoms with E-state index in [9.17, 15) is 19.9 Å². The van der Waals surface area contributed by atoms with Crippen molar-refractivity contribution in [1.29, 1.82) is 0 Å². The van der Waals surface area contributed by atoms with Gasteiger partial charge >= 0.3 is 12.0 Å². The maximum atomic E-state index is 12.3. The van der Waals surface area contributed by atoms with Crippen molar-refractivity contribution in [3.05, 3.63) is 125 Å². The van der Waals surface area contributed by atoms with Gasteiger partial charge in [0.25, 0.3) is 5.03 Å². The van der Waals surface area contributed by atoms with Gasteiger partial charge in [0.15, 0.2) is 12.5 Å². The number of esters is 1. The number of aliphatic hydroxyl groups excluding tert-OH is 1. The summed E-state index contributed by atoms with van der Waals surface area (Å²) in [5.41, 5.74) is 5.45. The molecule has 1 aromatic heterocycles. The molecule has 0 unspecified atom stereocenters. The van der Waals surface area contributed by atoms with Crippen LogP contribution in [-0.4, -0.2) is 42.1 Å². The molecule has 0 radical (unpaired) electrons. The smallest absolute Gasteiger partial charge is 0.325 e. The van der Waals surface area contributed by atoms with Crippen LogP contribution in [0.3, 0.4) is 0 Å². The number of hydrogen-bond donors (Lipinski definition) is 3. The first-order chi connectivity index (χ1) is 22.8. The van der Waals surface area contributed by atoms with Crippen molar-refractivity contribution < 1.29 is 33.6 Å². The second-order valence-corrected chi connectivity index (χ2v) is 12.2. The van der Waals surface area contributed by atoms with Gasteiger partial charge in [0.2, 0.25) is 0 Å². The van der Waals surface area contributed by atoms with Crippen LogP contribution in [0.4, 0.5) is 4.79 Å². The van der Waals surface area contributed by atoms with E-state index in [0.717, 1.165) is 38.1 Å². The van der Waals surface area contributed by atoms with Crippen molar-refractivity contribution in [2.45, 2.75) is 50.5 Å². The number of urea groups is 1. The van der Waals surface area contributed by atoms with E-state index in [0.29, 0.717) is 10.8 Å². The van der Waals surface area contributed by atoms with Crippen LogP contribution >= 0.6 is 11.8 Å². The number of amides is 2. The van der Waals surface area contributed by atoms with E-state index in [1.807, 2.05) is 78.9 Å². The molecule has 0 spiro atoms. The lowest BCUT2D eigenvalue weighted by Gasteiger charge is -2.41. The van der Waals surface area contributed by atoms with Gasteiger partial charge in [-0.1, -0.05) is 79.3 Å². The molecule has 1 aliphatic heterocycles. The summed E-state index contributed by atoms with van der Waals surface area (Å²) in [6.45, 7) is 4.09. The molecule has 3 aromatic carbocycles. The second-order valence-electron chi connectivity index (χ2n) is 11.2. The number of aromatic nitrogens is 1. The molecule has 3 N–H and O–H groups in total. The lowest BCUT2D eigenvalue weighted by Crippen LogP contribution is -2.39. The highest BCUT2D eigenvalue weighted by molar-refractivity contribution is 7.99. The normalized spacial score (nSPS) is 19.1. The van der Waals surface area contributed by atoms with Crippen LogP contribution in [0.2, 0.25) is 0 Å². The molecule has 47 heavy (non-hydrogen) atoms. The topological polar surface area (TPSA) is 133 Å². The van der Waals surface area contributed by atoms with E-state index in [2.05, 4.69) is 17.6 Å². The molecule has 246 valence electrons. The molecular weight excluding hydrogens is 618 g/mol. The summed E-state index contributed by atoms with van der Waals surface area (Å²) in [7, 11) is 0. The molecule has 0 aliphatic carbocycles. The maximum Gasteiger partial charge on any atom is 0.325 e. The summed E-state index contributed by atoms with van der Waals surface area (Å²) >= 11 is 1.45. The largest absolute Gasteiger partial charge is 0.618 e. The first kappa shape index (κ1) is 33.9. The number of ether oxygens (including phenoxy) is 3. The Labute approximate surface area is 278 Å². The van der Waals surface area contributed by atoms with E-state index in [1.165, 1.54) is 18.0 Å². The minimum absolute atomic E-state index is 0.0237. The van der Waals surface area contributed by atoms with Crippen molar-refractivity contribution in [3.8, 4) is 11.1 Å². The van der Waals surface area contributed by atoms with E-state index < -0.39 is 18.3 Å². The average molecular weight is 658 g/mol. The highest BCUT2D eigenvalue weighted by atomic mass is 32.2. The van der Waals surface area contributed by atoms with Gasteiger partial charge < -0.3 is 35.2 Å². The molecular formula is C36H39N3O7S. The molecule has 4 aromatic rings. The number of hydrogen-bond acceptors (Lipinski definition) is 8. The monoisotopic (exact) mass is 657 g/mol. The molecule has 2 heterocycles. The van der Waals surface area contributed by atoms with Crippen LogP contribution in [0.1, 0.15) is 48.5 Å². The van der Waals surface area contributed by atoms with Crippen molar-refractivity contribution >= 4 is 23.8 Å². The molecule has 1 aliphatic rings. The molecule has 11 heteroatoms. The Kier molecular flexibility index (Phi) is 11.9. The number of rotatable bonds is 12. The number of pyridine rings is 1. The zero-order valence-corrected chi connectivity index (χ0v) is 27.2. The Hall–Kier alpha value is -4.42. The number of aliphatic hydroxyl groups is 1. The summed E-state index contributed by atoms with van der Waals surface area (Å²) in [6.07, 6.45) is 0.315. The fraction of sp³-hybridized carbons (Fsp3) is 0.306. The highest BCUT2D eigenvalue weighted by Gasteiger charge is 2.38. The van der Waals surface area contributed by atoms with Gasteiger partial charge in [-0.3, -0.25) is 4.79 Å². The number of nitrogens with zero attached hydrogens (tertiary/aromatic N) is 1. The van der Waals surface area contributed by atoms with Crippen LogP contribution in [0, 0.1) is 11.1 Å². The zero-order valence-electron chi connectivity index (χ0n) is 26.3. The molecule has 2 amide bonds. The Morgan fingerprint density at radius 1 is 0.915 bits per heavy atom. The van der Waals surface area contributed by atoms with Gasteiger partial charge in [0.05, 0.1) is 25.4 Å². The number of carbonyl (C=O) groups excluding carboxylic acids is 2. The quantitative estimate of drug-likeness (QED) is 0.0796. The fourth-order valence-corrected chi connectivity index (χ4v) is 6.42. The SMILES string of the molecule is CCOC(=O)CNC(=O)NCc1cccc(-c2cccc([C@H]3O[C@@H](CSc4cccc[n+]4[O-])[C@@H](C)[C@@H](c4ccc(CO)cc4)O3)c2)c1. The Morgan fingerprint density at radius 3 is 2.43 bits per heavy atom. The Balaban J connectivity index is 1.33. The molecule has 0 saturated carbocycles. The van der Waals surface area contributed by atoms with Gasteiger partial charge in [0.1, 0.15) is 6.54 Å². The van der Waals surface area contributed by atoms with E-state index in [1.54, 1.807) is 19.1 Å². The third-order valence-electron chi connectivity index (χ3n) is 7.88. The van der Waals surface area contributed by atoms with Gasteiger partial charge in [-0.15, -0.1) is 0 Å². The molecule has 4 atom stereocenters.